The maximum absolute atomic E-state index is 13.4. The van der Waals surface area contributed by atoms with Crippen molar-refractivity contribution >= 4 is 27.4 Å². The van der Waals surface area contributed by atoms with Crippen molar-refractivity contribution in [1.29, 1.82) is 0 Å². The molecule has 0 aliphatic heterocycles. The predicted octanol–water partition coefficient (Wildman–Crippen LogP) is 2.86. The lowest BCUT2D eigenvalue weighted by molar-refractivity contribution is 0.629. The topological polar surface area (TPSA) is 42.0 Å². The van der Waals surface area contributed by atoms with Crippen LogP contribution in [0.2, 0.25) is 0 Å². The molecule has 1 N–H and O–H groups in total. The second kappa shape index (κ2) is 5.65. The first-order valence-electron chi connectivity index (χ1n) is 6.09. The van der Waals surface area contributed by atoms with Crippen LogP contribution in [0.15, 0.2) is 24.3 Å². The Balaban J connectivity index is 2.40. The van der Waals surface area contributed by atoms with Crippen molar-refractivity contribution in [2.45, 2.75) is 19.9 Å². The van der Waals surface area contributed by atoms with Crippen LogP contribution in [-0.2, 0) is 10.8 Å². The molecule has 0 aliphatic carbocycles. The van der Waals surface area contributed by atoms with Gasteiger partial charge < -0.3 is 5.32 Å². The summed E-state index contributed by atoms with van der Waals surface area (Å²) in [4.78, 5) is 4.38. The summed E-state index contributed by atoms with van der Waals surface area (Å²) in [5.41, 5.74) is 2.46. The Kier molecular flexibility index (Phi) is 4.14. The fourth-order valence-corrected chi connectivity index (χ4v) is 2.90. The Morgan fingerprint density at radius 2 is 2.16 bits per heavy atom. The van der Waals surface area contributed by atoms with E-state index < -0.39 is 10.8 Å². The van der Waals surface area contributed by atoms with E-state index in [1.807, 2.05) is 19.9 Å². The highest BCUT2D eigenvalue weighted by Gasteiger charge is 2.09. The van der Waals surface area contributed by atoms with E-state index >= 15 is 0 Å². The van der Waals surface area contributed by atoms with Crippen LogP contribution in [0, 0.1) is 12.7 Å². The third-order valence-electron chi connectivity index (χ3n) is 2.79. The maximum atomic E-state index is 13.4. The zero-order chi connectivity index (χ0) is 14.0. The molecule has 0 spiro atoms. The van der Waals surface area contributed by atoms with Crippen LogP contribution in [0.3, 0.4) is 0 Å². The number of aromatic nitrogens is 1. The molecule has 0 amide bonds. The van der Waals surface area contributed by atoms with Gasteiger partial charge in [-0.1, -0.05) is 0 Å². The van der Waals surface area contributed by atoms with Gasteiger partial charge in [-0.15, -0.1) is 0 Å². The highest BCUT2D eigenvalue weighted by atomic mass is 32.2. The molecule has 2 unspecified atom stereocenters. The molecule has 1 aromatic heterocycles. The highest BCUT2D eigenvalue weighted by Crippen LogP contribution is 2.24. The average Bonchev–Trinajstić information content (AvgIpc) is 2.28. The van der Waals surface area contributed by atoms with Crippen molar-refractivity contribution in [1.82, 2.24) is 4.98 Å². The zero-order valence-electron chi connectivity index (χ0n) is 11.2. The minimum absolute atomic E-state index is 0.0547. The van der Waals surface area contributed by atoms with Crippen LogP contribution in [0.25, 0.3) is 10.9 Å². The summed E-state index contributed by atoms with van der Waals surface area (Å²) in [7, 11) is -0.865. The van der Waals surface area contributed by atoms with Crippen molar-refractivity contribution in [3.05, 3.63) is 35.8 Å². The minimum atomic E-state index is -0.865. The first kappa shape index (κ1) is 13.9. The molecule has 0 bridgehead atoms. The van der Waals surface area contributed by atoms with Gasteiger partial charge in [0.1, 0.15) is 5.82 Å². The van der Waals surface area contributed by atoms with Crippen molar-refractivity contribution in [3.8, 4) is 0 Å². The molecule has 3 nitrogen and oxygen atoms in total. The van der Waals surface area contributed by atoms with Gasteiger partial charge in [0, 0.05) is 45.6 Å². The summed E-state index contributed by atoms with van der Waals surface area (Å²) in [5.74, 6) is 0.269. The van der Waals surface area contributed by atoms with Crippen LogP contribution in [0.4, 0.5) is 10.1 Å². The number of hydrogen-bond acceptors (Lipinski definition) is 3. The Morgan fingerprint density at radius 3 is 2.84 bits per heavy atom. The van der Waals surface area contributed by atoms with Crippen molar-refractivity contribution in [3.63, 3.8) is 0 Å². The predicted molar refractivity (Wildman–Crippen MR) is 78.5 cm³/mol. The van der Waals surface area contributed by atoms with Crippen LogP contribution < -0.4 is 5.32 Å². The lowest BCUT2D eigenvalue weighted by atomic mass is 10.1. The third-order valence-corrected chi connectivity index (χ3v) is 3.75. The fourth-order valence-electron chi connectivity index (χ4n) is 2.11. The van der Waals surface area contributed by atoms with Crippen LogP contribution in [0.1, 0.15) is 12.6 Å². The van der Waals surface area contributed by atoms with E-state index in [1.54, 1.807) is 12.3 Å². The smallest absolute Gasteiger partial charge is 0.124 e. The van der Waals surface area contributed by atoms with Gasteiger partial charge in [-0.05, 0) is 38.1 Å². The molecule has 102 valence electrons. The van der Waals surface area contributed by atoms with E-state index in [1.165, 1.54) is 12.1 Å². The number of fused-ring (bicyclic) bond motifs is 1. The molecule has 1 aromatic carbocycles. The zero-order valence-corrected chi connectivity index (χ0v) is 12.1. The van der Waals surface area contributed by atoms with Gasteiger partial charge in [-0.3, -0.25) is 9.19 Å². The van der Waals surface area contributed by atoms with E-state index in [4.69, 9.17) is 0 Å². The second-order valence-corrected chi connectivity index (χ2v) is 6.24. The number of anilines is 1. The van der Waals surface area contributed by atoms with Crippen molar-refractivity contribution < 1.29 is 8.60 Å². The molecule has 0 saturated heterocycles. The average molecular weight is 280 g/mol. The SMILES string of the molecule is Cc1cc(NC(C)CS(C)=O)c2cc(F)ccc2n1. The van der Waals surface area contributed by atoms with E-state index in [2.05, 4.69) is 10.3 Å². The monoisotopic (exact) mass is 280 g/mol. The number of benzene rings is 1. The number of hydrogen-bond donors (Lipinski definition) is 1. The molecular formula is C14H17FN2OS. The second-order valence-electron chi connectivity index (χ2n) is 4.76. The summed E-state index contributed by atoms with van der Waals surface area (Å²) < 4.78 is 24.6. The molecule has 2 rings (SSSR count). The molecule has 0 saturated carbocycles. The molecule has 0 fully saturated rings. The summed E-state index contributed by atoms with van der Waals surface area (Å²) in [5, 5.41) is 4.03. The fraction of sp³-hybridized carbons (Fsp3) is 0.357. The molecule has 0 radical (unpaired) electrons. The van der Waals surface area contributed by atoms with Gasteiger partial charge in [0.15, 0.2) is 0 Å². The Labute approximate surface area is 114 Å². The number of pyridine rings is 1. The number of nitrogens with one attached hydrogen (secondary N) is 1. The first-order chi connectivity index (χ1) is 8.95. The summed E-state index contributed by atoms with van der Waals surface area (Å²) in [6.45, 7) is 3.86. The number of halogens is 1. The largest absolute Gasteiger partial charge is 0.381 e. The van der Waals surface area contributed by atoms with Crippen molar-refractivity contribution in [2.24, 2.45) is 0 Å². The quantitative estimate of drug-likeness (QED) is 0.936. The molecular weight excluding hydrogens is 263 g/mol. The van der Waals surface area contributed by atoms with Gasteiger partial charge >= 0.3 is 0 Å². The van der Waals surface area contributed by atoms with E-state index in [9.17, 15) is 8.60 Å². The van der Waals surface area contributed by atoms with Crippen LogP contribution >= 0.6 is 0 Å². The molecule has 19 heavy (non-hydrogen) atoms. The Morgan fingerprint density at radius 1 is 1.42 bits per heavy atom. The molecule has 0 aliphatic rings. The van der Waals surface area contributed by atoms with E-state index in [-0.39, 0.29) is 11.9 Å². The minimum Gasteiger partial charge on any atom is -0.381 e. The van der Waals surface area contributed by atoms with E-state index in [0.29, 0.717) is 5.75 Å². The maximum Gasteiger partial charge on any atom is 0.124 e. The van der Waals surface area contributed by atoms with Gasteiger partial charge in [-0.25, -0.2) is 4.39 Å². The van der Waals surface area contributed by atoms with E-state index in [0.717, 1.165) is 22.3 Å². The normalized spacial score (nSPS) is 14.3. The summed E-state index contributed by atoms with van der Waals surface area (Å²) in [6, 6.07) is 6.49. The standard InChI is InChI=1S/C14H17FN2OS/c1-9-6-14(17-10(2)8-19(3)18)12-7-11(15)4-5-13(12)16-9/h4-7,10H,8H2,1-3H3,(H,16,17). The molecule has 5 heteroatoms. The summed E-state index contributed by atoms with van der Waals surface area (Å²) in [6.07, 6.45) is 1.67. The Bertz CT molecular complexity index is 630. The molecule has 2 atom stereocenters. The summed E-state index contributed by atoms with van der Waals surface area (Å²) >= 11 is 0. The number of rotatable bonds is 4. The lowest BCUT2D eigenvalue weighted by Gasteiger charge is -2.16. The highest BCUT2D eigenvalue weighted by molar-refractivity contribution is 7.84. The van der Waals surface area contributed by atoms with Crippen LogP contribution in [0.5, 0.6) is 0 Å². The van der Waals surface area contributed by atoms with Gasteiger partial charge in [0.2, 0.25) is 0 Å². The third kappa shape index (κ3) is 3.50. The number of aryl methyl sites for hydroxylation is 1. The molecule has 1 heterocycles. The van der Waals surface area contributed by atoms with Crippen molar-refractivity contribution in [2.75, 3.05) is 17.3 Å². The van der Waals surface area contributed by atoms with Gasteiger partial charge in [-0.2, -0.15) is 0 Å². The molecule has 2 aromatic rings. The Hall–Kier alpha value is -1.49. The number of nitrogens with zero attached hydrogens (tertiary/aromatic N) is 1. The van der Waals surface area contributed by atoms with Crippen LogP contribution in [-0.4, -0.2) is 27.2 Å². The first-order valence-corrected chi connectivity index (χ1v) is 7.82. The van der Waals surface area contributed by atoms with Gasteiger partial charge in [0.25, 0.3) is 0 Å². The lowest BCUT2D eigenvalue weighted by Crippen LogP contribution is -2.22. The van der Waals surface area contributed by atoms with Gasteiger partial charge in [0.05, 0.1) is 5.52 Å².